The molecule has 0 saturated heterocycles. The number of ether oxygens (including phenoxy) is 1. The van der Waals surface area contributed by atoms with E-state index in [1.807, 2.05) is 13.8 Å². The molecular formula is C41H73NOS. The summed E-state index contributed by atoms with van der Waals surface area (Å²) in [5.74, 6) is 2.72. The smallest absolute Gasteiger partial charge is 0.0845 e. The van der Waals surface area contributed by atoms with Gasteiger partial charge in [0.2, 0.25) is 0 Å². The molecule has 5 aliphatic rings. The van der Waals surface area contributed by atoms with Gasteiger partial charge in [0, 0.05) is 16.2 Å². The number of nitrogens with zero attached hydrogens (tertiary/aromatic N) is 1. The Hall–Kier alpha value is -0.510. The van der Waals surface area contributed by atoms with E-state index in [2.05, 4.69) is 113 Å². The first-order valence-corrected chi connectivity index (χ1v) is 19.1. The molecule has 0 aliphatic heterocycles. The molecule has 2 bridgehead atoms. The first-order valence-electron chi connectivity index (χ1n) is 18.6. The number of fused-ring (bicyclic) bond motifs is 3. The van der Waals surface area contributed by atoms with E-state index in [0.29, 0.717) is 34.1 Å². The zero-order valence-corrected chi connectivity index (χ0v) is 32.5. The van der Waals surface area contributed by atoms with Crippen molar-refractivity contribution in [2.75, 3.05) is 20.7 Å². The van der Waals surface area contributed by atoms with Crippen LogP contribution >= 0.6 is 12.6 Å². The molecule has 0 aromatic heterocycles. The Balaban J connectivity index is 0.000000997. The third kappa shape index (κ3) is 6.23. The van der Waals surface area contributed by atoms with Crippen molar-refractivity contribution in [1.29, 1.82) is 0 Å². The highest BCUT2D eigenvalue weighted by atomic mass is 32.1. The fourth-order valence-electron chi connectivity index (χ4n) is 10.6. The summed E-state index contributed by atoms with van der Waals surface area (Å²) in [6, 6.07) is 0.420. The van der Waals surface area contributed by atoms with Crippen molar-refractivity contribution in [3.05, 3.63) is 35.5 Å². The zero-order valence-electron chi connectivity index (χ0n) is 31.6. The number of allylic oxidation sites excluding steroid dienone is 4. The van der Waals surface area contributed by atoms with Crippen molar-refractivity contribution in [2.24, 2.45) is 45.3 Å². The fraction of sp³-hybridized carbons (Fsp3) is 0.854. The summed E-state index contributed by atoms with van der Waals surface area (Å²) >= 11 is 5.65. The van der Waals surface area contributed by atoms with E-state index >= 15 is 0 Å². The molecule has 0 amide bonds. The Morgan fingerprint density at radius 2 is 1.66 bits per heavy atom. The van der Waals surface area contributed by atoms with E-state index in [0.717, 1.165) is 24.9 Å². The number of thiol groups is 1. The molecule has 44 heavy (non-hydrogen) atoms. The van der Waals surface area contributed by atoms with Crippen LogP contribution in [0.5, 0.6) is 0 Å². The minimum Gasteiger partial charge on any atom is -0.372 e. The molecule has 0 heterocycles. The van der Waals surface area contributed by atoms with Crippen LogP contribution in [0.3, 0.4) is 0 Å². The molecule has 3 fully saturated rings. The van der Waals surface area contributed by atoms with E-state index in [1.165, 1.54) is 56.9 Å². The maximum Gasteiger partial charge on any atom is 0.0845 e. The highest BCUT2D eigenvalue weighted by molar-refractivity contribution is 7.82. The van der Waals surface area contributed by atoms with Gasteiger partial charge >= 0.3 is 0 Å². The SMILES string of the molecule is C/C=C1/C[C@@](C)(C2CCC3C(=CC[C@]45C=CC[C@]([C@H](C)C(C)C)(CCC34C)C5)[C@@]2(C)S)C1OCC(C)N(C)C.CC.CCC. The third-order valence-electron chi connectivity index (χ3n) is 13.8. The van der Waals surface area contributed by atoms with Gasteiger partial charge in [-0.15, -0.1) is 0 Å². The molecule has 5 aliphatic carbocycles. The molecule has 0 aromatic rings. The van der Waals surface area contributed by atoms with E-state index in [-0.39, 0.29) is 16.3 Å². The molecule has 0 aromatic carbocycles. The first-order chi connectivity index (χ1) is 20.6. The summed E-state index contributed by atoms with van der Waals surface area (Å²) in [4.78, 5) is 2.27. The quantitative estimate of drug-likeness (QED) is 0.223. The molecule has 10 atom stereocenters. The van der Waals surface area contributed by atoms with Crippen molar-refractivity contribution in [3.8, 4) is 0 Å². The molecule has 1 spiro atoms. The van der Waals surface area contributed by atoms with Crippen LogP contribution in [-0.2, 0) is 4.74 Å². The van der Waals surface area contributed by atoms with Gasteiger partial charge < -0.3 is 9.64 Å². The minimum absolute atomic E-state index is 0.0888. The zero-order chi connectivity index (χ0) is 33.3. The molecule has 3 heteroatoms. The van der Waals surface area contributed by atoms with Crippen LogP contribution in [0, 0.1) is 45.3 Å². The van der Waals surface area contributed by atoms with Crippen LogP contribution < -0.4 is 0 Å². The van der Waals surface area contributed by atoms with Crippen LogP contribution in [0.25, 0.3) is 0 Å². The standard InChI is InChI=1S/C36H59NOS.C3H8.C2H6/c1-11-27-21-32(6,31(27)38-22-25(4)37(9)10)30-14-13-28-29(34(30,8)39)15-18-36-17-12-16-35(23-36,26(5)24(2)3)20-19-33(28,36)7;1-3-2;1-2/h11-12,15,17,24-26,28,30-31,39H,13-14,16,18-23H2,1-10H3;3H2,1-2H3;1-2H3/b27-11-;;/t25?,26-,28?,30?,31?,32+,33?,34-,35+,36+;;/m1../s1. The Labute approximate surface area is 280 Å². The number of likely N-dealkylation sites (N-methyl/N-ethyl adjacent to an activating group) is 1. The van der Waals surface area contributed by atoms with Gasteiger partial charge in [0.15, 0.2) is 0 Å². The van der Waals surface area contributed by atoms with Crippen LogP contribution in [0.4, 0.5) is 0 Å². The average molecular weight is 628 g/mol. The van der Waals surface area contributed by atoms with Gasteiger partial charge in [0.25, 0.3) is 0 Å². The summed E-state index contributed by atoms with van der Waals surface area (Å²) in [7, 11) is 4.31. The largest absolute Gasteiger partial charge is 0.372 e. The third-order valence-corrected chi connectivity index (χ3v) is 14.4. The second-order valence-electron chi connectivity index (χ2n) is 16.7. The van der Waals surface area contributed by atoms with E-state index in [9.17, 15) is 0 Å². The summed E-state index contributed by atoms with van der Waals surface area (Å²) < 4.78 is 6.65. The number of hydrogen-bond donors (Lipinski definition) is 1. The van der Waals surface area contributed by atoms with Gasteiger partial charge in [-0.1, -0.05) is 98.6 Å². The number of rotatable bonds is 7. The fourth-order valence-corrected chi connectivity index (χ4v) is 11.2. The monoisotopic (exact) mass is 628 g/mol. The predicted molar refractivity (Wildman–Crippen MR) is 198 cm³/mol. The second-order valence-corrected chi connectivity index (χ2v) is 17.7. The highest BCUT2D eigenvalue weighted by Crippen LogP contribution is 2.73. The lowest BCUT2D eigenvalue weighted by Gasteiger charge is -2.68. The van der Waals surface area contributed by atoms with Crippen LogP contribution in [-0.4, -0.2) is 42.5 Å². The predicted octanol–water partition coefficient (Wildman–Crippen LogP) is 11.6. The summed E-state index contributed by atoms with van der Waals surface area (Å²) in [5.41, 5.74) is 4.47. The normalized spacial score (nSPS) is 43.0. The molecule has 0 radical (unpaired) electrons. The van der Waals surface area contributed by atoms with Crippen LogP contribution in [0.1, 0.15) is 141 Å². The molecular weight excluding hydrogens is 555 g/mol. The Bertz CT molecular complexity index is 1050. The van der Waals surface area contributed by atoms with E-state index in [4.69, 9.17) is 17.4 Å². The molecule has 2 nitrogen and oxygen atoms in total. The Morgan fingerprint density at radius 3 is 2.23 bits per heavy atom. The summed E-state index contributed by atoms with van der Waals surface area (Å²) in [5, 5.41) is 0. The van der Waals surface area contributed by atoms with Crippen molar-refractivity contribution < 1.29 is 4.74 Å². The topological polar surface area (TPSA) is 12.5 Å². The maximum atomic E-state index is 6.74. The van der Waals surface area contributed by atoms with Crippen molar-refractivity contribution in [1.82, 2.24) is 4.90 Å². The Morgan fingerprint density at radius 1 is 1.02 bits per heavy atom. The van der Waals surface area contributed by atoms with Gasteiger partial charge in [-0.05, 0) is 132 Å². The summed E-state index contributed by atoms with van der Waals surface area (Å²) in [6.07, 6.45) is 22.2. The maximum absolute atomic E-state index is 6.74. The lowest BCUT2D eigenvalue weighted by Crippen LogP contribution is -2.63. The van der Waals surface area contributed by atoms with Gasteiger partial charge in [-0.2, -0.15) is 12.6 Å². The average Bonchev–Trinajstić information content (AvgIpc) is 2.97. The van der Waals surface area contributed by atoms with Crippen LogP contribution in [0.2, 0.25) is 0 Å². The molecule has 0 N–H and O–H groups in total. The van der Waals surface area contributed by atoms with Crippen LogP contribution in [0.15, 0.2) is 35.5 Å². The second kappa shape index (κ2) is 14.3. The summed E-state index contributed by atoms with van der Waals surface area (Å²) in [6.45, 7) is 28.6. The van der Waals surface area contributed by atoms with Crippen molar-refractivity contribution >= 4 is 12.6 Å². The van der Waals surface area contributed by atoms with E-state index < -0.39 is 0 Å². The van der Waals surface area contributed by atoms with E-state index in [1.54, 1.807) is 5.57 Å². The minimum atomic E-state index is -0.0888. The first kappa shape index (κ1) is 37.9. The molecule has 254 valence electrons. The lowest BCUT2D eigenvalue weighted by molar-refractivity contribution is -0.128. The van der Waals surface area contributed by atoms with Crippen molar-refractivity contribution in [2.45, 2.75) is 158 Å². The molecule has 3 saturated carbocycles. The molecule has 5 rings (SSSR count). The van der Waals surface area contributed by atoms with Gasteiger partial charge in [-0.3, -0.25) is 0 Å². The van der Waals surface area contributed by atoms with Gasteiger partial charge in [-0.25, -0.2) is 0 Å². The molecule has 5 unspecified atom stereocenters. The number of hydrogen-bond acceptors (Lipinski definition) is 3. The van der Waals surface area contributed by atoms with Gasteiger partial charge in [0.1, 0.15) is 0 Å². The highest BCUT2D eigenvalue weighted by Gasteiger charge is 2.66. The lowest BCUT2D eigenvalue weighted by atomic mass is 9.37. The van der Waals surface area contributed by atoms with Crippen molar-refractivity contribution in [3.63, 3.8) is 0 Å². The van der Waals surface area contributed by atoms with Gasteiger partial charge in [0.05, 0.1) is 12.7 Å². The Kier molecular flexibility index (Phi) is 12.3.